The molecule has 93 heavy (non-hydrogen) atoms. The number of aliphatic hydroxyl groups is 1. The second-order valence-corrected chi connectivity index (χ2v) is 31.5. The maximum atomic E-state index is 13.1. The van der Waals surface area contributed by atoms with Crippen LogP contribution in [0.1, 0.15) is 370 Å². The van der Waals surface area contributed by atoms with E-state index in [4.69, 9.17) is 37.0 Å². The number of phosphoric ester groups is 2. The predicted molar refractivity (Wildman–Crippen MR) is 377 cm³/mol. The number of hydrogen-bond donors (Lipinski definition) is 3. The van der Waals surface area contributed by atoms with Gasteiger partial charge in [-0.25, -0.2) is 9.13 Å². The molecule has 0 saturated heterocycles. The SMILES string of the molecule is CC(C)CCCCCCCCCCCCCCCCCC(=O)OC[C@H](COP(=O)(O)OC[C@@H](O)COP(=O)(O)OC[C@@H](COC(=O)CCCCCCCCC(C)C)OC(=O)CCCCCCCCC(C)C)OC(=O)CCCCCCCCCCCCCCCCC(C)C. The minimum absolute atomic E-state index is 0.101. The van der Waals surface area contributed by atoms with Gasteiger partial charge in [0, 0.05) is 25.7 Å². The lowest BCUT2D eigenvalue weighted by atomic mass is 10.0. The second-order valence-electron chi connectivity index (χ2n) is 28.6. The van der Waals surface area contributed by atoms with Crippen molar-refractivity contribution < 1.29 is 80.2 Å². The number of esters is 4. The van der Waals surface area contributed by atoms with Gasteiger partial charge < -0.3 is 33.8 Å². The monoisotopic (exact) mass is 1370 g/mol. The van der Waals surface area contributed by atoms with E-state index < -0.39 is 97.5 Å². The number of hydrogen-bond acceptors (Lipinski definition) is 15. The lowest BCUT2D eigenvalue weighted by molar-refractivity contribution is -0.161. The Labute approximate surface area is 568 Å². The van der Waals surface area contributed by atoms with Crippen LogP contribution in [0.15, 0.2) is 0 Å². The highest BCUT2D eigenvalue weighted by Crippen LogP contribution is 2.45. The van der Waals surface area contributed by atoms with Crippen LogP contribution in [0.25, 0.3) is 0 Å². The number of carbonyl (C=O) groups excluding carboxylic acids is 4. The highest BCUT2D eigenvalue weighted by atomic mass is 31.2. The first-order chi connectivity index (χ1) is 44.6. The van der Waals surface area contributed by atoms with Crippen LogP contribution in [0, 0.1) is 23.7 Å². The minimum Gasteiger partial charge on any atom is -0.462 e. The van der Waals surface area contributed by atoms with Gasteiger partial charge in [0.1, 0.15) is 19.3 Å². The average Bonchev–Trinajstić information content (AvgIpc) is 3.18. The molecular weight excluding hydrogens is 1220 g/mol. The Kier molecular flexibility index (Phi) is 62.2. The van der Waals surface area contributed by atoms with Crippen LogP contribution in [0.2, 0.25) is 0 Å². The fraction of sp³-hybridized carbons (Fsp3) is 0.946. The van der Waals surface area contributed by atoms with Gasteiger partial charge in [-0.2, -0.15) is 0 Å². The van der Waals surface area contributed by atoms with E-state index in [0.717, 1.165) is 108 Å². The first-order valence-corrected chi connectivity index (χ1v) is 41.2. The zero-order valence-electron chi connectivity index (χ0n) is 60.9. The fourth-order valence-electron chi connectivity index (χ4n) is 11.2. The molecule has 552 valence electrons. The van der Waals surface area contributed by atoms with Gasteiger partial charge >= 0.3 is 39.5 Å². The van der Waals surface area contributed by atoms with Crippen LogP contribution in [0.4, 0.5) is 0 Å². The number of aliphatic hydroxyl groups excluding tert-OH is 1. The molecule has 0 aliphatic heterocycles. The van der Waals surface area contributed by atoms with Crippen LogP contribution in [-0.4, -0.2) is 96.7 Å². The van der Waals surface area contributed by atoms with E-state index in [1.54, 1.807) is 0 Å². The van der Waals surface area contributed by atoms with Gasteiger partial charge in [0.05, 0.1) is 26.4 Å². The molecule has 0 saturated carbocycles. The van der Waals surface area contributed by atoms with Gasteiger partial charge in [-0.15, -0.1) is 0 Å². The van der Waals surface area contributed by atoms with E-state index in [0.29, 0.717) is 37.5 Å². The third-order valence-electron chi connectivity index (χ3n) is 17.1. The molecule has 19 heteroatoms. The lowest BCUT2D eigenvalue weighted by Gasteiger charge is -2.21. The summed E-state index contributed by atoms with van der Waals surface area (Å²) in [7, 11) is -9.91. The molecule has 0 aromatic heterocycles. The molecular formula is C74H144O17P2. The van der Waals surface area contributed by atoms with Crippen molar-refractivity contribution in [2.45, 2.75) is 388 Å². The molecule has 0 radical (unpaired) electrons. The highest BCUT2D eigenvalue weighted by molar-refractivity contribution is 7.47. The predicted octanol–water partition coefficient (Wildman–Crippen LogP) is 21.3. The van der Waals surface area contributed by atoms with E-state index in [-0.39, 0.29) is 25.7 Å². The van der Waals surface area contributed by atoms with E-state index in [1.807, 2.05) is 0 Å². The van der Waals surface area contributed by atoms with Crippen molar-refractivity contribution in [2.75, 3.05) is 39.6 Å². The van der Waals surface area contributed by atoms with Gasteiger partial charge in [-0.1, -0.05) is 319 Å². The maximum absolute atomic E-state index is 13.1. The van der Waals surface area contributed by atoms with Crippen LogP contribution in [0.3, 0.4) is 0 Å². The Balaban J connectivity index is 5.20. The van der Waals surface area contributed by atoms with Crippen molar-refractivity contribution in [1.82, 2.24) is 0 Å². The zero-order chi connectivity index (χ0) is 68.9. The summed E-state index contributed by atoms with van der Waals surface area (Å²) >= 11 is 0. The van der Waals surface area contributed by atoms with Crippen molar-refractivity contribution in [1.29, 1.82) is 0 Å². The quantitative estimate of drug-likeness (QED) is 0.0222. The smallest absolute Gasteiger partial charge is 0.462 e. The van der Waals surface area contributed by atoms with E-state index in [2.05, 4.69) is 55.4 Å². The third-order valence-corrected chi connectivity index (χ3v) is 19.0. The minimum atomic E-state index is -4.96. The number of phosphoric acid groups is 2. The van der Waals surface area contributed by atoms with Crippen molar-refractivity contribution in [3.8, 4) is 0 Å². The van der Waals surface area contributed by atoms with Crippen molar-refractivity contribution in [3.05, 3.63) is 0 Å². The third kappa shape index (κ3) is 68.4. The van der Waals surface area contributed by atoms with Crippen LogP contribution in [-0.2, 0) is 65.4 Å². The number of rotatable bonds is 71. The molecule has 0 aromatic carbocycles. The van der Waals surface area contributed by atoms with Crippen LogP contribution < -0.4 is 0 Å². The molecule has 0 aliphatic rings. The average molecular weight is 1370 g/mol. The van der Waals surface area contributed by atoms with Crippen molar-refractivity contribution in [3.63, 3.8) is 0 Å². The first kappa shape index (κ1) is 91.1. The van der Waals surface area contributed by atoms with Gasteiger partial charge in [0.25, 0.3) is 0 Å². The lowest BCUT2D eigenvalue weighted by Crippen LogP contribution is -2.30. The Morgan fingerprint density at radius 2 is 0.452 bits per heavy atom. The van der Waals surface area contributed by atoms with Gasteiger partial charge in [-0.05, 0) is 49.4 Å². The topological polar surface area (TPSA) is 237 Å². The molecule has 0 aromatic rings. The normalized spacial score (nSPS) is 14.2. The fourth-order valence-corrected chi connectivity index (χ4v) is 12.8. The standard InChI is InChI=1S/C74H144O17P2/c1-64(2)50-42-34-26-22-18-14-10-9-11-16-20-24-28-38-46-54-71(76)84-60-69(90-73(78)56-48-40-29-25-21-17-13-12-15-19-23-27-35-43-51-65(3)4)62-88-92(80,81)86-58-68(75)59-87-93(82,83)89-63-70(91-74(79)57-49-41-33-31-37-45-53-67(7)8)61-85-72(77)55-47-39-32-30-36-44-52-66(5)6/h64-70,75H,9-63H2,1-8H3,(H,80,81)(H,82,83)/t68-,69-,70-/m1/s1. The summed E-state index contributed by atoms with van der Waals surface area (Å²) in [6.07, 6.45) is 47.6. The van der Waals surface area contributed by atoms with E-state index >= 15 is 0 Å². The van der Waals surface area contributed by atoms with Crippen LogP contribution in [0.5, 0.6) is 0 Å². The largest absolute Gasteiger partial charge is 0.472 e. The summed E-state index contributed by atoms with van der Waals surface area (Å²) in [5, 5.41) is 10.6. The molecule has 0 fully saturated rings. The van der Waals surface area contributed by atoms with Crippen LogP contribution >= 0.6 is 15.6 Å². The Morgan fingerprint density at radius 3 is 0.667 bits per heavy atom. The van der Waals surface area contributed by atoms with Gasteiger partial charge in [0.2, 0.25) is 0 Å². The van der Waals surface area contributed by atoms with E-state index in [1.165, 1.54) is 167 Å². The van der Waals surface area contributed by atoms with E-state index in [9.17, 15) is 43.2 Å². The highest BCUT2D eigenvalue weighted by Gasteiger charge is 2.30. The molecule has 0 spiro atoms. The maximum Gasteiger partial charge on any atom is 0.472 e. The summed E-state index contributed by atoms with van der Waals surface area (Å²) in [6, 6.07) is 0. The number of carbonyl (C=O) groups is 4. The molecule has 0 rings (SSSR count). The molecule has 17 nitrogen and oxygen atoms in total. The summed E-state index contributed by atoms with van der Waals surface area (Å²) in [4.78, 5) is 72.6. The molecule has 0 heterocycles. The van der Waals surface area contributed by atoms with Gasteiger partial charge in [0.15, 0.2) is 12.2 Å². The molecule has 2 unspecified atom stereocenters. The molecule has 5 atom stereocenters. The first-order valence-electron chi connectivity index (χ1n) is 38.2. The van der Waals surface area contributed by atoms with Crippen molar-refractivity contribution >= 4 is 39.5 Å². The number of unbranched alkanes of at least 4 members (excludes halogenated alkanes) is 37. The molecule has 0 amide bonds. The molecule has 3 N–H and O–H groups in total. The Morgan fingerprint density at radius 1 is 0.269 bits per heavy atom. The summed E-state index contributed by atoms with van der Waals surface area (Å²) in [5.41, 5.74) is 0. The Hall–Kier alpha value is -1.94. The number of ether oxygens (including phenoxy) is 4. The zero-order valence-corrected chi connectivity index (χ0v) is 62.7. The summed E-state index contributed by atoms with van der Waals surface area (Å²) in [6.45, 7) is 14.1. The molecule has 0 aliphatic carbocycles. The van der Waals surface area contributed by atoms with Gasteiger partial charge in [-0.3, -0.25) is 37.3 Å². The second kappa shape index (κ2) is 63.5. The Bertz CT molecular complexity index is 1830. The molecule has 0 bridgehead atoms. The summed E-state index contributed by atoms with van der Waals surface area (Å²) < 4.78 is 68.3. The summed E-state index contributed by atoms with van der Waals surface area (Å²) in [5.74, 6) is 0.820. The van der Waals surface area contributed by atoms with Crippen molar-refractivity contribution in [2.24, 2.45) is 23.7 Å².